The minimum atomic E-state index is 0.679. The Hall–Kier alpha value is -2.58. The molecule has 7 nitrogen and oxygen atoms in total. The van der Waals surface area contributed by atoms with E-state index in [4.69, 9.17) is 0 Å². The average molecular weight is 353 g/mol. The van der Waals surface area contributed by atoms with Crippen molar-refractivity contribution in [1.82, 2.24) is 25.1 Å². The molecular weight excluding hydrogens is 334 g/mol. The van der Waals surface area contributed by atoms with Crippen molar-refractivity contribution < 1.29 is 0 Å². The predicted octanol–water partition coefficient (Wildman–Crippen LogP) is 2.39. The molecule has 0 aliphatic carbocycles. The minimum absolute atomic E-state index is 0.679. The zero-order valence-corrected chi connectivity index (χ0v) is 14.6. The molecule has 0 amide bonds. The molecule has 1 aliphatic heterocycles. The van der Waals surface area contributed by atoms with Crippen molar-refractivity contribution in [3.8, 4) is 0 Å². The summed E-state index contributed by atoms with van der Waals surface area (Å²) in [7, 11) is 0. The molecule has 1 saturated heterocycles. The van der Waals surface area contributed by atoms with Crippen LogP contribution in [0.3, 0.4) is 0 Å². The Morgan fingerprint density at radius 3 is 2.60 bits per heavy atom. The molecule has 0 unspecified atom stereocenters. The standard InChI is InChI=1S/C17H19N7S/c1-2-4-14(5-3-1)13-23-8-10-24(11-9-23)17-22-21-16(25-17)20-15-12-18-6-7-19-15/h1-7,12H,8-11,13H2,(H,19,20,21). The van der Waals surface area contributed by atoms with E-state index in [0.717, 1.165) is 43.0 Å². The molecule has 1 N–H and O–H groups in total. The maximum absolute atomic E-state index is 4.31. The van der Waals surface area contributed by atoms with Crippen LogP contribution in [0.1, 0.15) is 5.56 Å². The molecule has 1 aromatic carbocycles. The van der Waals surface area contributed by atoms with Gasteiger partial charge in [-0.1, -0.05) is 41.7 Å². The third-order valence-electron chi connectivity index (χ3n) is 4.10. The molecule has 3 heterocycles. The first-order valence-electron chi connectivity index (χ1n) is 8.24. The molecular formula is C17H19N7S. The van der Waals surface area contributed by atoms with Gasteiger partial charge in [0.1, 0.15) is 0 Å². The van der Waals surface area contributed by atoms with E-state index in [0.29, 0.717) is 5.82 Å². The van der Waals surface area contributed by atoms with E-state index in [1.165, 1.54) is 5.56 Å². The molecule has 0 saturated carbocycles. The fourth-order valence-electron chi connectivity index (χ4n) is 2.81. The molecule has 8 heteroatoms. The fraction of sp³-hybridized carbons (Fsp3) is 0.294. The third kappa shape index (κ3) is 4.09. The van der Waals surface area contributed by atoms with E-state index in [1.54, 1.807) is 29.9 Å². The van der Waals surface area contributed by atoms with Crippen LogP contribution in [0.5, 0.6) is 0 Å². The van der Waals surface area contributed by atoms with Crippen LogP contribution >= 0.6 is 11.3 Å². The number of hydrogen-bond donors (Lipinski definition) is 1. The van der Waals surface area contributed by atoms with Crippen molar-refractivity contribution in [1.29, 1.82) is 0 Å². The van der Waals surface area contributed by atoms with Crippen molar-refractivity contribution in [2.75, 3.05) is 36.4 Å². The van der Waals surface area contributed by atoms with Gasteiger partial charge in [0, 0.05) is 45.1 Å². The Morgan fingerprint density at radius 1 is 1.00 bits per heavy atom. The third-order valence-corrected chi connectivity index (χ3v) is 5.00. The molecule has 0 spiro atoms. The van der Waals surface area contributed by atoms with Gasteiger partial charge in [-0.2, -0.15) is 0 Å². The molecule has 3 aromatic rings. The highest BCUT2D eigenvalue weighted by atomic mass is 32.1. The molecule has 4 rings (SSSR count). The van der Waals surface area contributed by atoms with Crippen LogP contribution in [0.25, 0.3) is 0 Å². The Balaban J connectivity index is 1.32. The van der Waals surface area contributed by atoms with Gasteiger partial charge in [-0.25, -0.2) is 4.98 Å². The number of piperazine rings is 1. The van der Waals surface area contributed by atoms with Crippen molar-refractivity contribution in [3.05, 3.63) is 54.5 Å². The fourth-order valence-corrected chi connectivity index (χ4v) is 3.61. The number of hydrogen-bond acceptors (Lipinski definition) is 8. The summed E-state index contributed by atoms with van der Waals surface area (Å²) in [6, 6.07) is 10.6. The first-order chi connectivity index (χ1) is 12.4. The Morgan fingerprint density at radius 2 is 1.84 bits per heavy atom. The second-order valence-corrected chi connectivity index (χ2v) is 6.81. The summed E-state index contributed by atoms with van der Waals surface area (Å²) in [6.07, 6.45) is 4.96. The minimum Gasteiger partial charge on any atom is -0.344 e. The van der Waals surface area contributed by atoms with Crippen LogP contribution in [0.2, 0.25) is 0 Å². The predicted molar refractivity (Wildman–Crippen MR) is 99.2 cm³/mol. The molecule has 128 valence electrons. The summed E-state index contributed by atoms with van der Waals surface area (Å²) in [5.41, 5.74) is 1.36. The van der Waals surface area contributed by atoms with Gasteiger partial charge >= 0.3 is 0 Å². The van der Waals surface area contributed by atoms with Crippen LogP contribution in [-0.4, -0.2) is 51.2 Å². The maximum Gasteiger partial charge on any atom is 0.213 e. The quantitative estimate of drug-likeness (QED) is 0.755. The maximum atomic E-state index is 4.31. The van der Waals surface area contributed by atoms with E-state index in [2.05, 4.69) is 65.6 Å². The van der Waals surface area contributed by atoms with Gasteiger partial charge in [-0.05, 0) is 5.56 Å². The largest absolute Gasteiger partial charge is 0.344 e. The second kappa shape index (κ2) is 7.54. The van der Waals surface area contributed by atoms with E-state index in [9.17, 15) is 0 Å². The van der Waals surface area contributed by atoms with Crippen LogP contribution in [0.4, 0.5) is 16.1 Å². The molecule has 1 aliphatic rings. The number of nitrogens with zero attached hydrogens (tertiary/aromatic N) is 6. The van der Waals surface area contributed by atoms with Gasteiger partial charge in [-0.3, -0.25) is 9.88 Å². The molecule has 0 bridgehead atoms. The number of aromatic nitrogens is 4. The van der Waals surface area contributed by atoms with E-state index in [-0.39, 0.29) is 0 Å². The number of rotatable bonds is 5. The van der Waals surface area contributed by atoms with Crippen LogP contribution < -0.4 is 10.2 Å². The number of nitrogens with one attached hydrogen (secondary N) is 1. The van der Waals surface area contributed by atoms with Gasteiger partial charge in [0.05, 0.1) is 6.20 Å². The summed E-state index contributed by atoms with van der Waals surface area (Å²) in [6.45, 7) is 4.99. The summed E-state index contributed by atoms with van der Waals surface area (Å²) < 4.78 is 0. The van der Waals surface area contributed by atoms with Gasteiger partial charge < -0.3 is 10.2 Å². The van der Waals surface area contributed by atoms with E-state index < -0.39 is 0 Å². The Labute approximate surface area is 150 Å². The number of anilines is 3. The Kier molecular flexibility index (Phi) is 4.80. The summed E-state index contributed by atoms with van der Waals surface area (Å²) in [5, 5.41) is 13.3. The van der Waals surface area contributed by atoms with E-state index in [1.807, 2.05) is 0 Å². The lowest BCUT2D eigenvalue weighted by atomic mass is 10.2. The van der Waals surface area contributed by atoms with Crippen molar-refractivity contribution in [3.63, 3.8) is 0 Å². The normalized spacial score (nSPS) is 15.3. The average Bonchev–Trinajstić information content (AvgIpc) is 3.12. The SMILES string of the molecule is c1ccc(CN2CCN(c3nnc(Nc4cnccn4)s3)CC2)cc1. The summed E-state index contributed by atoms with van der Waals surface area (Å²) >= 11 is 1.55. The highest BCUT2D eigenvalue weighted by Gasteiger charge is 2.20. The zero-order chi connectivity index (χ0) is 16.9. The first-order valence-corrected chi connectivity index (χ1v) is 9.06. The van der Waals surface area contributed by atoms with E-state index >= 15 is 0 Å². The monoisotopic (exact) mass is 353 g/mol. The van der Waals surface area contributed by atoms with Crippen LogP contribution in [0.15, 0.2) is 48.9 Å². The molecule has 25 heavy (non-hydrogen) atoms. The molecule has 1 fully saturated rings. The zero-order valence-electron chi connectivity index (χ0n) is 13.7. The van der Waals surface area contributed by atoms with Gasteiger partial charge in [-0.15, -0.1) is 10.2 Å². The highest BCUT2D eigenvalue weighted by molar-refractivity contribution is 7.19. The smallest absolute Gasteiger partial charge is 0.213 e. The number of benzene rings is 1. The van der Waals surface area contributed by atoms with Gasteiger partial charge in [0.2, 0.25) is 10.3 Å². The highest BCUT2D eigenvalue weighted by Crippen LogP contribution is 2.26. The summed E-state index contributed by atoms with van der Waals surface area (Å²) in [5.74, 6) is 0.679. The van der Waals surface area contributed by atoms with Crippen molar-refractivity contribution >= 4 is 27.4 Å². The lowest BCUT2D eigenvalue weighted by Gasteiger charge is -2.34. The lowest BCUT2D eigenvalue weighted by molar-refractivity contribution is 0.249. The first kappa shape index (κ1) is 15.9. The van der Waals surface area contributed by atoms with Gasteiger partial charge in [0.25, 0.3) is 0 Å². The van der Waals surface area contributed by atoms with Crippen LogP contribution in [-0.2, 0) is 6.54 Å². The van der Waals surface area contributed by atoms with Crippen molar-refractivity contribution in [2.24, 2.45) is 0 Å². The molecule has 2 aromatic heterocycles. The second-order valence-electron chi connectivity index (χ2n) is 5.85. The summed E-state index contributed by atoms with van der Waals surface area (Å²) in [4.78, 5) is 13.0. The molecule has 0 atom stereocenters. The van der Waals surface area contributed by atoms with Crippen LogP contribution in [0, 0.1) is 0 Å². The topological polar surface area (TPSA) is 70.1 Å². The lowest BCUT2D eigenvalue weighted by Crippen LogP contribution is -2.45. The Bertz CT molecular complexity index is 785. The van der Waals surface area contributed by atoms with Crippen molar-refractivity contribution in [2.45, 2.75) is 6.54 Å². The van der Waals surface area contributed by atoms with Gasteiger partial charge in [0.15, 0.2) is 5.82 Å². The molecule has 0 radical (unpaired) electrons.